The molecular formula is C18H14O2. The Morgan fingerprint density at radius 2 is 1.65 bits per heavy atom. The molecule has 2 heteroatoms. The van der Waals surface area contributed by atoms with Crippen molar-refractivity contribution in [2.75, 3.05) is 0 Å². The SMILES string of the molecule is O=C1CCc2c3c(ccc2=C1O)=c1ccccc1=CC3. The molecule has 0 saturated heterocycles. The first-order chi connectivity index (χ1) is 9.75. The van der Waals surface area contributed by atoms with Crippen LogP contribution >= 0.6 is 0 Å². The molecule has 2 nitrogen and oxygen atoms in total. The third-order valence-electron chi connectivity index (χ3n) is 4.33. The van der Waals surface area contributed by atoms with E-state index in [-0.39, 0.29) is 11.5 Å². The standard InChI is InChI=1S/C18H14O2/c19-17-10-9-15-14-6-5-11-3-1-2-4-12(11)13(14)7-8-16(15)18(17)20/h1-5,7-8,20H,6,9-10H2. The van der Waals surface area contributed by atoms with Crippen LogP contribution < -0.4 is 10.4 Å². The van der Waals surface area contributed by atoms with Crippen molar-refractivity contribution in [1.82, 2.24) is 0 Å². The summed E-state index contributed by atoms with van der Waals surface area (Å²) < 4.78 is 0. The minimum absolute atomic E-state index is 0.0621. The van der Waals surface area contributed by atoms with Gasteiger partial charge in [0.25, 0.3) is 0 Å². The van der Waals surface area contributed by atoms with E-state index >= 15 is 0 Å². The highest BCUT2D eigenvalue weighted by Crippen LogP contribution is 2.18. The number of rotatable bonds is 0. The summed E-state index contributed by atoms with van der Waals surface area (Å²) in [5.74, 6) is -0.203. The average Bonchev–Trinajstić information content (AvgIpc) is 2.50. The van der Waals surface area contributed by atoms with Crippen molar-refractivity contribution in [3.8, 4) is 0 Å². The third kappa shape index (κ3) is 1.48. The zero-order valence-corrected chi connectivity index (χ0v) is 11.0. The maximum atomic E-state index is 11.6. The molecule has 0 atom stereocenters. The van der Waals surface area contributed by atoms with E-state index in [9.17, 15) is 9.90 Å². The van der Waals surface area contributed by atoms with Crippen LogP contribution in [0.4, 0.5) is 0 Å². The predicted molar refractivity (Wildman–Crippen MR) is 77.3 cm³/mol. The van der Waals surface area contributed by atoms with Crippen LogP contribution in [0.5, 0.6) is 0 Å². The number of fused-ring (bicyclic) bond motifs is 4. The fraction of sp³-hybridized carbons (Fsp3) is 0.167. The van der Waals surface area contributed by atoms with E-state index in [4.69, 9.17) is 0 Å². The van der Waals surface area contributed by atoms with Crippen molar-refractivity contribution in [2.24, 2.45) is 0 Å². The Labute approximate surface area is 116 Å². The van der Waals surface area contributed by atoms with Gasteiger partial charge >= 0.3 is 0 Å². The predicted octanol–water partition coefficient (Wildman–Crippen LogP) is 1.49. The van der Waals surface area contributed by atoms with Crippen LogP contribution in [-0.2, 0) is 17.6 Å². The molecule has 98 valence electrons. The van der Waals surface area contributed by atoms with Crippen molar-refractivity contribution in [3.05, 3.63) is 68.4 Å². The first kappa shape index (κ1) is 11.5. The van der Waals surface area contributed by atoms with Gasteiger partial charge in [0.05, 0.1) is 0 Å². The van der Waals surface area contributed by atoms with Gasteiger partial charge in [-0.25, -0.2) is 0 Å². The molecule has 2 aliphatic carbocycles. The lowest BCUT2D eigenvalue weighted by molar-refractivity contribution is -0.115. The summed E-state index contributed by atoms with van der Waals surface area (Å²) in [6, 6.07) is 12.3. The largest absolute Gasteiger partial charge is 0.504 e. The number of benzene rings is 2. The lowest BCUT2D eigenvalue weighted by atomic mass is 9.88. The Bertz CT molecular complexity index is 952. The van der Waals surface area contributed by atoms with Gasteiger partial charge in [-0.15, -0.1) is 0 Å². The molecule has 2 aromatic carbocycles. The monoisotopic (exact) mass is 262 g/mol. The fourth-order valence-electron chi connectivity index (χ4n) is 3.33. The minimum Gasteiger partial charge on any atom is -0.504 e. The molecule has 0 heterocycles. The van der Waals surface area contributed by atoms with E-state index in [1.807, 2.05) is 18.2 Å². The van der Waals surface area contributed by atoms with E-state index in [2.05, 4.69) is 24.3 Å². The quantitative estimate of drug-likeness (QED) is 0.781. The molecule has 0 aromatic heterocycles. The summed E-state index contributed by atoms with van der Waals surface area (Å²) in [6.07, 6.45) is 4.25. The van der Waals surface area contributed by atoms with Crippen molar-refractivity contribution in [3.63, 3.8) is 0 Å². The molecule has 4 rings (SSSR count). The van der Waals surface area contributed by atoms with Gasteiger partial charge in [-0.1, -0.05) is 42.5 Å². The fourth-order valence-corrected chi connectivity index (χ4v) is 3.33. The summed E-state index contributed by atoms with van der Waals surface area (Å²) in [5, 5.41) is 14.5. The van der Waals surface area contributed by atoms with Crippen molar-refractivity contribution < 1.29 is 9.90 Å². The first-order valence-electron chi connectivity index (χ1n) is 6.92. The van der Waals surface area contributed by atoms with E-state index in [0.717, 1.165) is 23.6 Å². The maximum absolute atomic E-state index is 11.6. The number of carbonyl (C=O) groups excluding carboxylic acids is 1. The first-order valence-corrected chi connectivity index (χ1v) is 6.92. The van der Waals surface area contributed by atoms with E-state index in [1.54, 1.807) is 0 Å². The van der Waals surface area contributed by atoms with Gasteiger partial charge in [0, 0.05) is 11.6 Å². The lowest BCUT2D eigenvalue weighted by Crippen LogP contribution is -2.27. The van der Waals surface area contributed by atoms with Gasteiger partial charge in [-0.3, -0.25) is 4.79 Å². The number of hydrogen-bond acceptors (Lipinski definition) is 2. The van der Waals surface area contributed by atoms with Crippen LogP contribution in [-0.4, -0.2) is 10.9 Å². The lowest BCUT2D eigenvalue weighted by Gasteiger charge is -2.17. The van der Waals surface area contributed by atoms with Crippen molar-refractivity contribution >= 4 is 17.6 Å². The Kier molecular flexibility index (Phi) is 2.34. The van der Waals surface area contributed by atoms with Gasteiger partial charge in [-0.2, -0.15) is 0 Å². The van der Waals surface area contributed by atoms with Gasteiger partial charge < -0.3 is 5.11 Å². The molecule has 0 fully saturated rings. The van der Waals surface area contributed by atoms with Gasteiger partial charge in [0.2, 0.25) is 0 Å². The summed E-state index contributed by atoms with van der Waals surface area (Å²) in [5.41, 5.74) is 2.41. The Morgan fingerprint density at radius 1 is 0.850 bits per heavy atom. The van der Waals surface area contributed by atoms with Crippen LogP contribution in [0.3, 0.4) is 0 Å². The number of aliphatic hydroxyl groups is 1. The van der Waals surface area contributed by atoms with Gasteiger partial charge in [0.1, 0.15) is 0 Å². The molecule has 0 spiro atoms. The zero-order valence-electron chi connectivity index (χ0n) is 11.0. The molecule has 0 bridgehead atoms. The number of ketones is 1. The number of aliphatic hydroxyl groups excluding tert-OH is 1. The molecule has 0 radical (unpaired) electrons. The highest BCUT2D eigenvalue weighted by Gasteiger charge is 2.20. The summed E-state index contributed by atoms with van der Waals surface area (Å²) in [6.45, 7) is 0. The summed E-state index contributed by atoms with van der Waals surface area (Å²) in [4.78, 5) is 11.6. The highest BCUT2D eigenvalue weighted by atomic mass is 16.3. The Hall–Kier alpha value is -2.35. The number of Topliss-reactive ketones (excluding diaryl/α,β-unsaturated/α-hetero) is 1. The van der Waals surface area contributed by atoms with Crippen LogP contribution in [0.25, 0.3) is 11.8 Å². The summed E-state index contributed by atoms with van der Waals surface area (Å²) >= 11 is 0. The zero-order chi connectivity index (χ0) is 13.7. The number of carbonyl (C=O) groups is 1. The molecule has 0 amide bonds. The molecule has 20 heavy (non-hydrogen) atoms. The third-order valence-corrected chi connectivity index (χ3v) is 4.33. The van der Waals surface area contributed by atoms with Crippen molar-refractivity contribution in [1.29, 1.82) is 0 Å². The highest BCUT2D eigenvalue weighted by molar-refractivity contribution is 6.12. The topological polar surface area (TPSA) is 37.3 Å². The number of hydrogen-bond donors (Lipinski definition) is 1. The smallest absolute Gasteiger partial charge is 0.198 e. The summed E-state index contributed by atoms with van der Waals surface area (Å²) in [7, 11) is 0. The second-order valence-corrected chi connectivity index (χ2v) is 5.39. The van der Waals surface area contributed by atoms with Crippen LogP contribution in [0, 0.1) is 10.4 Å². The van der Waals surface area contributed by atoms with E-state index in [1.165, 1.54) is 21.2 Å². The van der Waals surface area contributed by atoms with Crippen LogP contribution in [0.2, 0.25) is 0 Å². The molecular weight excluding hydrogens is 248 g/mol. The van der Waals surface area contributed by atoms with Gasteiger partial charge in [-0.05, 0) is 39.6 Å². The Balaban J connectivity index is 2.23. The van der Waals surface area contributed by atoms with Crippen molar-refractivity contribution in [2.45, 2.75) is 19.3 Å². The van der Waals surface area contributed by atoms with Crippen LogP contribution in [0.1, 0.15) is 17.5 Å². The normalized spacial score (nSPS) is 16.0. The molecule has 2 aromatic rings. The average molecular weight is 262 g/mol. The molecule has 0 aliphatic heterocycles. The second kappa shape index (κ2) is 4.07. The molecule has 1 N–H and O–H groups in total. The molecule has 2 aliphatic rings. The molecule has 0 saturated carbocycles. The molecule has 0 unspecified atom stereocenters. The minimum atomic E-state index is -0.141. The second-order valence-electron chi connectivity index (χ2n) is 5.39. The van der Waals surface area contributed by atoms with Crippen LogP contribution in [0.15, 0.2) is 36.4 Å². The van der Waals surface area contributed by atoms with Gasteiger partial charge in [0.15, 0.2) is 11.5 Å². The van der Waals surface area contributed by atoms with E-state index in [0.29, 0.717) is 6.42 Å². The Morgan fingerprint density at radius 3 is 2.55 bits per heavy atom. The maximum Gasteiger partial charge on any atom is 0.198 e. The van der Waals surface area contributed by atoms with E-state index < -0.39 is 0 Å².